The van der Waals surface area contributed by atoms with Crippen LogP contribution in [0.1, 0.15) is 108 Å². The van der Waals surface area contributed by atoms with Gasteiger partial charge in [-0.05, 0) is 159 Å². The maximum absolute atomic E-state index is 15.2. The number of nitrogen functional groups attached to an aromatic ring is 1. The smallest absolute Gasteiger partial charge is 0.380 e. The molecule has 0 saturated carbocycles. The van der Waals surface area contributed by atoms with E-state index in [-0.39, 0.29) is 72.3 Å². The number of anilines is 1. The van der Waals surface area contributed by atoms with Crippen LogP contribution in [0, 0.1) is 96.6 Å². The van der Waals surface area contributed by atoms with Gasteiger partial charge in [-0.3, -0.25) is 70.3 Å². The number of nitrogens with two attached hydrogens (primary N) is 1. The zero-order valence-corrected chi connectivity index (χ0v) is 89.4. The molecular weight excluding hydrogens is 2120 g/mol. The predicted molar refractivity (Wildman–Crippen MR) is 544 cm³/mol. The van der Waals surface area contributed by atoms with E-state index in [9.17, 15) is 67.5 Å². The van der Waals surface area contributed by atoms with Crippen LogP contribution in [0.5, 0.6) is 23.0 Å². The molecule has 0 amide bonds. The van der Waals surface area contributed by atoms with Crippen LogP contribution in [0.4, 0.5) is 23.4 Å². The van der Waals surface area contributed by atoms with Gasteiger partial charge in [-0.1, -0.05) is 149 Å². The second-order valence-corrected chi connectivity index (χ2v) is 45.4. The minimum atomic E-state index is -4.16. The van der Waals surface area contributed by atoms with Crippen molar-refractivity contribution in [1.29, 1.82) is 0 Å². The van der Waals surface area contributed by atoms with Crippen LogP contribution in [-0.4, -0.2) is 230 Å². The molecule has 0 radical (unpaired) electrons. The summed E-state index contributed by atoms with van der Waals surface area (Å²) in [7, 11) is -16.5. The maximum atomic E-state index is 15.2. The molecule has 8 aromatic rings. The fraction of sp³-hybridized carbons (Fsp3) is 0.458. The Morgan fingerprint density at radius 3 is 0.885 bits per heavy atom. The third-order valence-corrected chi connectivity index (χ3v) is 31.3. The lowest BCUT2D eigenvalue weighted by Crippen LogP contribution is -2.45. The number of benzene rings is 4. The Balaban J connectivity index is 0.000000219. The van der Waals surface area contributed by atoms with Crippen LogP contribution >= 0.6 is 91.5 Å². The molecule has 12 rings (SSSR count). The second kappa shape index (κ2) is 52.8. The molecule has 800 valence electrons. The molecule has 9 N–H and O–H groups in total. The van der Waals surface area contributed by atoms with E-state index in [4.69, 9.17) is 167 Å². The van der Waals surface area contributed by atoms with E-state index in [1.807, 2.05) is 0 Å². The third-order valence-electron chi connectivity index (χ3n) is 21.9. The minimum absolute atomic E-state index is 0.0525. The van der Waals surface area contributed by atoms with Gasteiger partial charge >= 0.3 is 60.0 Å². The van der Waals surface area contributed by atoms with Crippen molar-refractivity contribution in [2.75, 3.05) is 56.8 Å². The molecule has 0 spiro atoms. The van der Waals surface area contributed by atoms with E-state index in [1.165, 1.54) is 99.5 Å². The number of alkyl halides is 4. The van der Waals surface area contributed by atoms with E-state index >= 15 is 17.6 Å². The van der Waals surface area contributed by atoms with Gasteiger partial charge in [-0.15, -0.1) is 25.7 Å². The van der Waals surface area contributed by atoms with Crippen molar-refractivity contribution in [1.82, 2.24) is 38.2 Å². The van der Waals surface area contributed by atoms with Crippen molar-refractivity contribution in [3.05, 3.63) is 215 Å². The lowest BCUT2D eigenvalue weighted by Gasteiger charge is -2.29. The van der Waals surface area contributed by atoms with Crippen LogP contribution in [0.3, 0.4) is 0 Å². The van der Waals surface area contributed by atoms with Crippen LogP contribution < -0.4 is 35.1 Å². The number of hydrogen-bond acceptors (Lipinski definition) is 37. The maximum Gasteiger partial charge on any atom is 0.380 e. The highest BCUT2D eigenvalue weighted by Gasteiger charge is 2.61. The second-order valence-electron chi connectivity index (χ2n) is 35.3. The van der Waals surface area contributed by atoms with Crippen LogP contribution in [0.15, 0.2) is 180 Å². The number of para-hydroxylation sites is 4. The fourth-order valence-electron chi connectivity index (χ4n) is 14.4. The Kier molecular flexibility index (Phi) is 43.0. The molecule has 39 nitrogen and oxygen atoms in total. The summed E-state index contributed by atoms with van der Waals surface area (Å²) in [6, 6.07) is 37.8. The highest BCUT2D eigenvalue weighted by Crippen LogP contribution is 2.57. The number of rotatable bonds is 40. The summed E-state index contributed by atoms with van der Waals surface area (Å²) in [5.41, 5.74) is -4.00. The minimum Gasteiger partial charge on any atom is -0.463 e. The fourth-order valence-corrected chi connectivity index (χ4v) is 23.1. The first kappa shape index (κ1) is 121. The standard InChI is InChI=1S/C24H29FN3O7PS.2C24H28FN2O8PS.C24H28FN2O7PS2/c1-5-24(20(29)19(25)21(34-24)28-12-11-18(26)27-23(28)37)14-32-36(31,35-17-9-7-6-8-10-17)13-16(4)22(30)33-15(2)3;1-5-24(20(28)19(25)21(34-24)27-12-11-18(37)26-23(27)30)14-32-36(31,35-17-9-7-6-8-10-17)13-16(4)22(29)33-15(2)3;1-5-24(20(29)19(25)21(34-24)27-12-11-18(28)26-23(27)37)14-32-36(31,35-17-9-7-6-8-10-17)13-16(4)22(30)33-15(2)3;1-5-24(20(28)19(25)21(33-24)27-12-11-18(36)26-23(27)37)14-31-35(30,34-17-9-7-6-8-10-17)13-16(4)22(29)32-15(2)3/h1,6-12,15-16,19-21,29H,13-14H2,2-4H3,(H2,26,27,37);1,6-12,15-16,19-21,28H,13-14H2,2-4H3,(H,26,30,37);1,6-12,15-16,19-21,29H,13-14H2,2-4H3,(H,26,28,37);1,6-12,15-16,19-21,28H,13-14H2,2-4H3,(H,26,36,37)/t3*16-,19?,20-,21-,24-,36?;16-,19?,20-,21-,24-,35?/m1111/s1. The van der Waals surface area contributed by atoms with Crippen molar-refractivity contribution >= 4 is 121 Å². The first-order valence-electron chi connectivity index (χ1n) is 45.5. The number of terminal acetylenes is 4. The number of nitrogens with zero attached hydrogens (tertiary/aromatic N) is 5. The van der Waals surface area contributed by atoms with Crippen LogP contribution in [0.2, 0.25) is 0 Å². The monoisotopic (exact) mass is 2230 g/mol. The van der Waals surface area contributed by atoms with Crippen molar-refractivity contribution < 1.29 is 150 Å². The molecule has 0 bridgehead atoms. The molecule has 24 atom stereocenters. The number of aromatic nitrogens is 8. The topological polar surface area (TPSA) is 505 Å². The molecule has 4 aliphatic heterocycles. The van der Waals surface area contributed by atoms with E-state index in [0.717, 1.165) is 19.8 Å². The number of hydrogen-bond donors (Lipinski definition) is 8. The molecule has 148 heavy (non-hydrogen) atoms. The molecule has 8 unspecified atom stereocenters. The Morgan fingerprint density at radius 2 is 0.635 bits per heavy atom. The molecule has 52 heteroatoms. The number of aliphatic hydroxyl groups is 4. The highest BCUT2D eigenvalue weighted by atomic mass is 32.1. The Labute approximate surface area is 874 Å². The molecule has 4 saturated heterocycles. The average molecular weight is 2230 g/mol. The molecule has 4 aliphatic rings. The number of H-pyrrole nitrogens is 3. The molecule has 4 fully saturated rings. The van der Waals surface area contributed by atoms with Gasteiger partial charge in [-0.25, -0.2) is 45.6 Å². The number of carbonyl (C=O) groups is 4. The summed E-state index contributed by atoms with van der Waals surface area (Å²) in [6.45, 7) is 16.5. The zero-order valence-electron chi connectivity index (χ0n) is 81.7. The van der Waals surface area contributed by atoms with Crippen LogP contribution in [0.25, 0.3) is 0 Å². The zero-order chi connectivity index (χ0) is 110. The Morgan fingerprint density at radius 1 is 0.392 bits per heavy atom. The van der Waals surface area contributed by atoms with E-state index in [1.54, 1.807) is 152 Å². The van der Waals surface area contributed by atoms with Gasteiger partial charge in [0, 0.05) is 30.9 Å². The lowest BCUT2D eigenvalue weighted by atomic mass is 9.98. The summed E-state index contributed by atoms with van der Waals surface area (Å²) in [5, 5.41) is 42.8. The summed E-state index contributed by atoms with van der Waals surface area (Å²) in [5.74, 6) is 3.78. The summed E-state index contributed by atoms with van der Waals surface area (Å²) >= 11 is 25.3. The number of aromatic amines is 3. The van der Waals surface area contributed by atoms with Gasteiger partial charge in [0.2, 0.25) is 4.77 Å². The number of aliphatic hydroxyl groups excluding tert-OH is 4. The number of halogens is 4. The summed E-state index contributed by atoms with van der Waals surface area (Å²) in [6.07, 6.45) is 2.76. The first-order valence-corrected chi connectivity index (χ1v) is 54.5. The normalized spacial score (nSPS) is 25.7. The Hall–Kier alpha value is -10.8. The van der Waals surface area contributed by atoms with Gasteiger partial charge in [0.15, 0.2) is 81.5 Å². The molecular formula is C96H113F4N9O30P4S5. The van der Waals surface area contributed by atoms with Crippen molar-refractivity contribution in [3.8, 4) is 72.4 Å². The van der Waals surface area contributed by atoms with Crippen LogP contribution in [-0.2, 0) is 93.4 Å². The molecule has 4 aromatic heterocycles. The summed E-state index contributed by atoms with van der Waals surface area (Å²) < 4.78 is 209. The first-order chi connectivity index (χ1) is 69.6. The SMILES string of the molecule is C#C[C@]1(COP(=O)(C[C@@H](C)C(=O)OC(C)C)Oc2ccccc2)O[C@@H](n2ccc(=O)[nH]c2=S)C(F)[C@H]1O.C#C[C@]1(COP(=O)(C[C@@H](C)C(=O)OC(C)C)Oc2ccccc2)O[C@@H](n2ccc(=S)[nH]c2=O)C(F)[C@H]1O.C#C[C@]1(COP(=O)(C[C@@H](C)C(=O)OC(C)C)Oc2ccccc2)O[C@@H](n2ccc(=S)[nH]c2=S)C(F)[C@H]1O.C#C[C@]1(COP(=O)(C[C@@H](C)C(=O)OC(C)C)Oc2ccccc2)O[C@@H](n2ccc(N)nc2=S)C(F)[C@H]1O. The van der Waals surface area contributed by atoms with Gasteiger partial charge in [-0.2, -0.15) is 0 Å². The molecule has 4 aromatic carbocycles. The number of nitrogens with one attached hydrogen (secondary N) is 3. The van der Waals surface area contributed by atoms with Gasteiger partial charge < -0.3 is 87.1 Å². The van der Waals surface area contributed by atoms with E-state index < -0.39 is 237 Å². The van der Waals surface area contributed by atoms with Gasteiger partial charge in [0.25, 0.3) is 5.56 Å². The van der Waals surface area contributed by atoms with Crippen molar-refractivity contribution in [3.63, 3.8) is 0 Å². The van der Waals surface area contributed by atoms with E-state index in [2.05, 4.69) is 43.6 Å². The van der Waals surface area contributed by atoms with Gasteiger partial charge in [0.1, 0.15) is 88.9 Å². The molecule has 0 aliphatic carbocycles. The largest absolute Gasteiger partial charge is 0.463 e. The van der Waals surface area contributed by atoms with Gasteiger partial charge in [0.05, 0.1) is 72.7 Å². The van der Waals surface area contributed by atoms with Crippen molar-refractivity contribution in [2.24, 2.45) is 23.7 Å². The molecule has 8 heterocycles. The number of esters is 4. The number of ether oxygens (including phenoxy) is 8. The van der Waals surface area contributed by atoms with E-state index in [0.29, 0.717) is 4.64 Å². The summed E-state index contributed by atoms with van der Waals surface area (Å²) in [4.78, 5) is 84.5. The lowest BCUT2D eigenvalue weighted by molar-refractivity contribution is -0.152. The van der Waals surface area contributed by atoms with Crippen molar-refractivity contribution in [2.45, 2.75) is 204 Å². The number of carbonyl (C=O) groups excluding carboxylic acids is 4. The quantitative estimate of drug-likeness (QED) is 0.00441. The predicted octanol–water partition coefficient (Wildman–Crippen LogP) is 15.2. The highest BCUT2D eigenvalue weighted by molar-refractivity contribution is 7.72. The average Bonchev–Trinajstić information content (AvgIpc) is 1.62. The third kappa shape index (κ3) is 31.7. The Bertz CT molecular complexity index is 6300.